The van der Waals surface area contributed by atoms with Crippen molar-refractivity contribution in [2.24, 2.45) is 10.9 Å². The van der Waals surface area contributed by atoms with E-state index in [4.69, 9.17) is 9.47 Å². The van der Waals surface area contributed by atoms with Gasteiger partial charge in [0.1, 0.15) is 0 Å². The fourth-order valence-electron chi connectivity index (χ4n) is 3.85. The lowest BCUT2D eigenvalue weighted by Gasteiger charge is -2.35. The molecule has 2 rings (SSSR count). The first-order valence-electron chi connectivity index (χ1n) is 11.2. The van der Waals surface area contributed by atoms with E-state index in [0.717, 1.165) is 65.1 Å². The number of hydrogen-bond acceptors (Lipinski definition) is 6. The minimum Gasteiger partial charge on any atom is -0.379 e. The number of nitrogens with one attached hydrogen (secondary N) is 3. The molecule has 0 aromatic rings. The van der Waals surface area contributed by atoms with Gasteiger partial charge in [-0.25, -0.2) is 13.1 Å². The summed E-state index contributed by atoms with van der Waals surface area (Å²) < 4.78 is 38.2. The van der Waals surface area contributed by atoms with Crippen LogP contribution in [0.4, 0.5) is 0 Å². The second kappa shape index (κ2) is 13.5. The van der Waals surface area contributed by atoms with Crippen LogP contribution in [-0.2, 0) is 19.5 Å². The standard InChI is InChI=1S/C20H41N5O4S/c1-17(2)14-18(25-8-11-28-12-9-25)15-23-20(21-3)22-7-13-30(26,27)24-16-19-6-4-5-10-29-19/h17-19,24H,4-16H2,1-3H3,(H2,21,22,23). The van der Waals surface area contributed by atoms with Gasteiger partial charge >= 0.3 is 0 Å². The molecule has 2 heterocycles. The van der Waals surface area contributed by atoms with E-state index >= 15 is 0 Å². The molecule has 0 radical (unpaired) electrons. The highest BCUT2D eigenvalue weighted by Crippen LogP contribution is 2.13. The number of sulfonamides is 1. The summed E-state index contributed by atoms with van der Waals surface area (Å²) >= 11 is 0. The molecule has 0 spiro atoms. The minimum atomic E-state index is -3.35. The summed E-state index contributed by atoms with van der Waals surface area (Å²) in [6.07, 6.45) is 4.15. The van der Waals surface area contributed by atoms with Crippen LogP contribution in [0.15, 0.2) is 4.99 Å². The predicted molar refractivity (Wildman–Crippen MR) is 120 cm³/mol. The maximum absolute atomic E-state index is 12.3. The Hall–Kier alpha value is -0.940. The first-order chi connectivity index (χ1) is 14.4. The van der Waals surface area contributed by atoms with Crippen molar-refractivity contribution in [1.29, 1.82) is 0 Å². The smallest absolute Gasteiger partial charge is 0.213 e. The van der Waals surface area contributed by atoms with Gasteiger partial charge in [-0.2, -0.15) is 0 Å². The zero-order valence-electron chi connectivity index (χ0n) is 18.9. The van der Waals surface area contributed by atoms with E-state index in [1.165, 1.54) is 0 Å². The molecule has 10 heteroatoms. The van der Waals surface area contributed by atoms with Crippen molar-refractivity contribution in [3.05, 3.63) is 0 Å². The summed E-state index contributed by atoms with van der Waals surface area (Å²) in [5.41, 5.74) is 0. The van der Waals surface area contributed by atoms with E-state index in [-0.39, 0.29) is 11.9 Å². The lowest BCUT2D eigenvalue weighted by atomic mass is 10.0. The molecule has 0 aromatic heterocycles. The van der Waals surface area contributed by atoms with Crippen LogP contribution in [-0.4, -0.2) is 96.8 Å². The molecule has 2 saturated heterocycles. The molecule has 2 atom stereocenters. The predicted octanol–water partition coefficient (Wildman–Crippen LogP) is 0.387. The second-order valence-electron chi connectivity index (χ2n) is 8.47. The Morgan fingerprint density at radius 1 is 1.17 bits per heavy atom. The van der Waals surface area contributed by atoms with Gasteiger partial charge in [-0.1, -0.05) is 13.8 Å². The largest absolute Gasteiger partial charge is 0.379 e. The lowest BCUT2D eigenvalue weighted by molar-refractivity contribution is 0.0132. The molecule has 176 valence electrons. The molecule has 0 amide bonds. The number of rotatable bonds is 11. The third-order valence-electron chi connectivity index (χ3n) is 5.50. The van der Waals surface area contributed by atoms with Crippen LogP contribution in [0.1, 0.15) is 39.5 Å². The van der Waals surface area contributed by atoms with E-state index in [1.807, 2.05) is 0 Å². The molecule has 2 unspecified atom stereocenters. The Morgan fingerprint density at radius 2 is 1.93 bits per heavy atom. The Balaban J connectivity index is 1.71. The summed E-state index contributed by atoms with van der Waals surface area (Å²) in [5.74, 6) is 1.22. The fourth-order valence-corrected chi connectivity index (χ4v) is 4.80. The Bertz CT molecular complexity index is 602. The third kappa shape index (κ3) is 9.91. The molecular weight excluding hydrogens is 406 g/mol. The number of morpholine rings is 1. The molecule has 0 aliphatic carbocycles. The first-order valence-corrected chi connectivity index (χ1v) is 12.9. The van der Waals surface area contributed by atoms with Gasteiger partial charge in [-0.05, 0) is 31.6 Å². The maximum atomic E-state index is 12.3. The SMILES string of the molecule is CN=C(NCCS(=O)(=O)NCC1CCCCO1)NCC(CC(C)C)N1CCOCC1. The van der Waals surface area contributed by atoms with Crippen LogP contribution >= 0.6 is 0 Å². The van der Waals surface area contributed by atoms with E-state index in [1.54, 1.807) is 7.05 Å². The molecular formula is C20H41N5O4S. The third-order valence-corrected chi connectivity index (χ3v) is 6.85. The summed E-state index contributed by atoms with van der Waals surface area (Å²) in [5, 5.41) is 6.48. The van der Waals surface area contributed by atoms with Crippen molar-refractivity contribution in [1.82, 2.24) is 20.3 Å². The topological polar surface area (TPSA) is 104 Å². The zero-order valence-corrected chi connectivity index (χ0v) is 19.7. The normalized spacial score (nSPS) is 22.8. The van der Waals surface area contributed by atoms with Crippen molar-refractivity contribution in [2.75, 3.05) is 65.3 Å². The van der Waals surface area contributed by atoms with E-state index in [9.17, 15) is 8.42 Å². The summed E-state index contributed by atoms with van der Waals surface area (Å²) in [6, 6.07) is 0.397. The van der Waals surface area contributed by atoms with Crippen molar-refractivity contribution in [3.63, 3.8) is 0 Å². The Morgan fingerprint density at radius 3 is 2.57 bits per heavy atom. The molecule has 2 aliphatic rings. The molecule has 2 fully saturated rings. The summed E-state index contributed by atoms with van der Waals surface area (Å²) in [4.78, 5) is 6.70. The van der Waals surface area contributed by atoms with Crippen molar-refractivity contribution in [3.8, 4) is 0 Å². The molecule has 0 aromatic carbocycles. The van der Waals surface area contributed by atoms with Gasteiger partial charge in [0, 0.05) is 52.4 Å². The van der Waals surface area contributed by atoms with Crippen LogP contribution in [0.25, 0.3) is 0 Å². The van der Waals surface area contributed by atoms with Crippen molar-refractivity contribution in [2.45, 2.75) is 51.7 Å². The van der Waals surface area contributed by atoms with Crippen molar-refractivity contribution < 1.29 is 17.9 Å². The van der Waals surface area contributed by atoms with E-state index in [2.05, 4.69) is 39.1 Å². The van der Waals surface area contributed by atoms with Gasteiger partial charge < -0.3 is 20.1 Å². The highest BCUT2D eigenvalue weighted by molar-refractivity contribution is 7.89. The highest BCUT2D eigenvalue weighted by Gasteiger charge is 2.22. The molecule has 2 aliphatic heterocycles. The highest BCUT2D eigenvalue weighted by atomic mass is 32.2. The molecule has 0 bridgehead atoms. The molecule has 0 saturated carbocycles. The Labute approximate surface area is 182 Å². The lowest BCUT2D eigenvalue weighted by Crippen LogP contribution is -2.51. The van der Waals surface area contributed by atoms with Gasteiger partial charge in [0.25, 0.3) is 0 Å². The fraction of sp³-hybridized carbons (Fsp3) is 0.950. The molecule has 30 heavy (non-hydrogen) atoms. The first kappa shape index (κ1) is 25.3. The average Bonchev–Trinajstić information content (AvgIpc) is 2.75. The molecule has 3 N–H and O–H groups in total. The van der Waals surface area contributed by atoms with Gasteiger partial charge in [-0.3, -0.25) is 9.89 Å². The Kier molecular flexibility index (Phi) is 11.4. The summed E-state index contributed by atoms with van der Waals surface area (Å²) in [6.45, 7) is 10.0. The van der Waals surface area contributed by atoms with Crippen LogP contribution < -0.4 is 15.4 Å². The number of guanidine groups is 1. The summed E-state index contributed by atoms with van der Waals surface area (Å²) in [7, 11) is -1.64. The quantitative estimate of drug-likeness (QED) is 0.311. The molecule has 9 nitrogen and oxygen atoms in total. The maximum Gasteiger partial charge on any atom is 0.213 e. The van der Waals surface area contributed by atoms with E-state index < -0.39 is 10.0 Å². The van der Waals surface area contributed by atoms with Gasteiger partial charge in [0.15, 0.2) is 5.96 Å². The van der Waals surface area contributed by atoms with Gasteiger partial charge in [0.2, 0.25) is 10.0 Å². The van der Waals surface area contributed by atoms with Gasteiger partial charge in [0.05, 0.1) is 25.1 Å². The van der Waals surface area contributed by atoms with Gasteiger partial charge in [-0.15, -0.1) is 0 Å². The number of nitrogens with zero attached hydrogens (tertiary/aromatic N) is 2. The number of ether oxygens (including phenoxy) is 2. The van der Waals surface area contributed by atoms with Crippen LogP contribution in [0.2, 0.25) is 0 Å². The van der Waals surface area contributed by atoms with E-state index in [0.29, 0.717) is 31.0 Å². The number of hydrogen-bond donors (Lipinski definition) is 3. The van der Waals surface area contributed by atoms with Crippen LogP contribution in [0.3, 0.4) is 0 Å². The number of aliphatic imine (C=N–C) groups is 1. The zero-order chi connectivity index (χ0) is 21.8. The minimum absolute atomic E-state index is 0.000688. The monoisotopic (exact) mass is 447 g/mol. The average molecular weight is 448 g/mol. The second-order valence-corrected chi connectivity index (χ2v) is 10.4. The van der Waals surface area contributed by atoms with Crippen LogP contribution in [0, 0.1) is 5.92 Å². The van der Waals surface area contributed by atoms with Crippen LogP contribution in [0.5, 0.6) is 0 Å². The van der Waals surface area contributed by atoms with Crippen molar-refractivity contribution >= 4 is 16.0 Å².